The molecule has 130 valence electrons. The number of nitrogens with one attached hydrogen (secondary N) is 2. The fraction of sp³-hybridized carbons (Fsp3) is 0.800. The normalized spacial score (nSPS) is 17.2. The first-order valence-electron chi connectivity index (χ1n) is 8.10. The van der Waals surface area contributed by atoms with E-state index in [4.69, 9.17) is 14.0 Å². The van der Waals surface area contributed by atoms with Crippen LogP contribution < -0.4 is 10.6 Å². The lowest BCUT2D eigenvalue weighted by Gasteiger charge is -2.28. The second-order valence-electron chi connectivity index (χ2n) is 5.93. The Labute approximate surface area is 136 Å². The Bertz CT molecular complexity index is 486. The van der Waals surface area contributed by atoms with Crippen molar-refractivity contribution in [2.45, 2.75) is 45.8 Å². The predicted molar refractivity (Wildman–Crippen MR) is 82.9 cm³/mol. The molecule has 0 unspecified atom stereocenters. The zero-order valence-corrected chi connectivity index (χ0v) is 14.0. The number of carbonyl (C=O) groups excluding carboxylic acids is 1. The van der Waals surface area contributed by atoms with Gasteiger partial charge in [-0.05, 0) is 39.5 Å². The van der Waals surface area contributed by atoms with Crippen molar-refractivity contribution < 1.29 is 18.8 Å². The van der Waals surface area contributed by atoms with Gasteiger partial charge in [0.1, 0.15) is 6.04 Å². The number of urea groups is 1. The Morgan fingerprint density at radius 1 is 1.39 bits per heavy atom. The van der Waals surface area contributed by atoms with E-state index in [-0.39, 0.29) is 24.1 Å². The summed E-state index contributed by atoms with van der Waals surface area (Å²) in [5, 5.41) is 9.56. The summed E-state index contributed by atoms with van der Waals surface area (Å²) < 4.78 is 16.1. The molecule has 8 heteroatoms. The van der Waals surface area contributed by atoms with E-state index in [2.05, 4.69) is 20.8 Å². The van der Waals surface area contributed by atoms with Crippen LogP contribution in [0.15, 0.2) is 4.52 Å². The molecule has 2 rings (SSSR count). The van der Waals surface area contributed by atoms with Crippen molar-refractivity contribution in [2.24, 2.45) is 5.92 Å². The highest BCUT2D eigenvalue weighted by Gasteiger charge is 2.31. The van der Waals surface area contributed by atoms with Gasteiger partial charge in [0.15, 0.2) is 5.82 Å². The maximum Gasteiger partial charge on any atom is 0.315 e. The minimum Gasteiger partial charge on any atom is -0.381 e. The highest BCUT2D eigenvalue weighted by Crippen LogP contribution is 2.29. The van der Waals surface area contributed by atoms with Crippen LogP contribution in [-0.4, -0.2) is 48.6 Å². The molecule has 2 heterocycles. The lowest BCUT2D eigenvalue weighted by Crippen LogP contribution is -2.43. The number of aryl methyl sites for hydroxylation is 1. The lowest BCUT2D eigenvalue weighted by atomic mass is 9.91. The van der Waals surface area contributed by atoms with E-state index in [1.165, 1.54) is 0 Å². The van der Waals surface area contributed by atoms with E-state index < -0.39 is 0 Å². The molecule has 0 bridgehead atoms. The third-order valence-corrected chi connectivity index (χ3v) is 3.67. The van der Waals surface area contributed by atoms with E-state index in [0.717, 1.165) is 12.8 Å². The Morgan fingerprint density at radius 3 is 2.74 bits per heavy atom. The van der Waals surface area contributed by atoms with Crippen LogP contribution in [0.2, 0.25) is 0 Å². The smallest absolute Gasteiger partial charge is 0.315 e. The van der Waals surface area contributed by atoms with Crippen molar-refractivity contribution >= 4 is 6.03 Å². The van der Waals surface area contributed by atoms with Crippen molar-refractivity contribution in [3.63, 3.8) is 0 Å². The van der Waals surface area contributed by atoms with E-state index in [0.29, 0.717) is 38.1 Å². The van der Waals surface area contributed by atoms with Crippen LogP contribution in [0.25, 0.3) is 0 Å². The minimum atomic E-state index is -0.300. The number of ether oxygens (including phenoxy) is 2. The molecule has 2 N–H and O–H groups in total. The predicted octanol–water partition coefficient (Wildman–Crippen LogP) is 1.57. The first-order chi connectivity index (χ1) is 11.1. The van der Waals surface area contributed by atoms with Gasteiger partial charge in [0.05, 0.1) is 12.7 Å². The van der Waals surface area contributed by atoms with E-state index in [9.17, 15) is 4.79 Å². The highest BCUT2D eigenvalue weighted by molar-refractivity contribution is 5.74. The van der Waals surface area contributed by atoms with Crippen LogP contribution in [0.4, 0.5) is 4.79 Å². The van der Waals surface area contributed by atoms with Gasteiger partial charge in [0, 0.05) is 19.8 Å². The number of hydrogen-bond donors (Lipinski definition) is 2. The minimum absolute atomic E-state index is 0.149. The van der Waals surface area contributed by atoms with Gasteiger partial charge in [-0.15, -0.1) is 0 Å². The quantitative estimate of drug-likeness (QED) is 0.738. The van der Waals surface area contributed by atoms with Crippen LogP contribution in [0, 0.1) is 12.8 Å². The third-order valence-electron chi connectivity index (χ3n) is 3.67. The lowest BCUT2D eigenvalue weighted by molar-refractivity contribution is 0.0501. The number of carbonyl (C=O) groups is 1. The van der Waals surface area contributed by atoms with Crippen LogP contribution in [0.1, 0.15) is 44.4 Å². The van der Waals surface area contributed by atoms with Gasteiger partial charge in [-0.2, -0.15) is 4.98 Å². The van der Waals surface area contributed by atoms with E-state index in [1.807, 2.05) is 13.8 Å². The van der Waals surface area contributed by atoms with Crippen LogP contribution in [0.5, 0.6) is 0 Å². The van der Waals surface area contributed by atoms with Crippen molar-refractivity contribution in [1.29, 1.82) is 0 Å². The summed E-state index contributed by atoms with van der Waals surface area (Å²) in [6.07, 6.45) is 1.85. The molecule has 23 heavy (non-hydrogen) atoms. The van der Waals surface area contributed by atoms with Gasteiger partial charge in [0.25, 0.3) is 0 Å². The monoisotopic (exact) mass is 326 g/mol. The van der Waals surface area contributed by atoms with Crippen molar-refractivity contribution in [3.05, 3.63) is 11.7 Å². The average Bonchev–Trinajstić information content (AvgIpc) is 2.96. The molecule has 1 atom stereocenters. The molecule has 1 aromatic heterocycles. The Morgan fingerprint density at radius 2 is 2.13 bits per heavy atom. The molecule has 1 aliphatic heterocycles. The van der Waals surface area contributed by atoms with Crippen molar-refractivity contribution in [3.8, 4) is 0 Å². The largest absolute Gasteiger partial charge is 0.381 e. The van der Waals surface area contributed by atoms with Gasteiger partial charge in [0.2, 0.25) is 5.89 Å². The Balaban J connectivity index is 1.90. The molecule has 1 aromatic rings. The molecule has 1 saturated heterocycles. The van der Waals surface area contributed by atoms with Crippen molar-refractivity contribution in [2.75, 3.05) is 26.4 Å². The standard InChI is InChI=1S/C15H26N4O4/c1-10(2)22-9-6-16-15(20)18-13(12-4-7-21-8-5-12)14-17-11(3)19-23-14/h10,12-13H,4-9H2,1-3H3,(H2,16,18,20)/t13-/m1/s1. The number of rotatable bonds is 7. The summed E-state index contributed by atoms with van der Waals surface area (Å²) in [6, 6.07) is -0.559. The molecule has 0 radical (unpaired) electrons. The van der Waals surface area contributed by atoms with E-state index in [1.54, 1.807) is 6.92 Å². The highest BCUT2D eigenvalue weighted by atomic mass is 16.5. The fourth-order valence-electron chi connectivity index (χ4n) is 2.52. The summed E-state index contributed by atoms with van der Waals surface area (Å²) in [6.45, 7) is 7.97. The number of nitrogens with zero attached hydrogens (tertiary/aromatic N) is 2. The van der Waals surface area contributed by atoms with Gasteiger partial charge in [-0.25, -0.2) is 4.79 Å². The average molecular weight is 326 g/mol. The third kappa shape index (κ3) is 5.80. The number of aromatic nitrogens is 2. The van der Waals surface area contributed by atoms with Gasteiger partial charge in [-0.1, -0.05) is 5.16 Å². The van der Waals surface area contributed by atoms with Crippen LogP contribution in [-0.2, 0) is 9.47 Å². The molecule has 0 saturated carbocycles. The molecule has 1 fully saturated rings. The summed E-state index contributed by atoms with van der Waals surface area (Å²) >= 11 is 0. The summed E-state index contributed by atoms with van der Waals surface area (Å²) in [5.41, 5.74) is 0. The number of hydrogen-bond acceptors (Lipinski definition) is 6. The molecule has 0 aliphatic carbocycles. The molecule has 0 aromatic carbocycles. The molecule has 2 amide bonds. The summed E-state index contributed by atoms with van der Waals surface area (Å²) in [4.78, 5) is 16.4. The molecular formula is C15H26N4O4. The van der Waals surface area contributed by atoms with E-state index >= 15 is 0 Å². The fourth-order valence-corrected chi connectivity index (χ4v) is 2.52. The van der Waals surface area contributed by atoms with Crippen LogP contribution >= 0.6 is 0 Å². The molecule has 1 aliphatic rings. The Hall–Kier alpha value is -1.67. The van der Waals surface area contributed by atoms with Crippen molar-refractivity contribution in [1.82, 2.24) is 20.8 Å². The van der Waals surface area contributed by atoms with Gasteiger partial charge >= 0.3 is 6.03 Å². The first-order valence-corrected chi connectivity index (χ1v) is 8.10. The second-order valence-corrected chi connectivity index (χ2v) is 5.93. The van der Waals surface area contributed by atoms with Crippen LogP contribution in [0.3, 0.4) is 0 Å². The first kappa shape index (κ1) is 17.7. The van der Waals surface area contributed by atoms with Gasteiger partial charge < -0.3 is 24.6 Å². The molecule has 8 nitrogen and oxygen atoms in total. The van der Waals surface area contributed by atoms with Gasteiger partial charge in [-0.3, -0.25) is 0 Å². The SMILES string of the molecule is Cc1noc([C@H](NC(=O)NCCOC(C)C)C2CCOCC2)n1. The molecular weight excluding hydrogens is 300 g/mol. The topological polar surface area (TPSA) is 98.5 Å². The Kier molecular flexibility index (Phi) is 6.79. The zero-order chi connectivity index (χ0) is 16.7. The molecule has 0 spiro atoms. The summed E-state index contributed by atoms with van der Waals surface area (Å²) in [5.74, 6) is 1.23. The maximum absolute atomic E-state index is 12.1. The zero-order valence-electron chi connectivity index (χ0n) is 14.0. The number of amides is 2. The maximum atomic E-state index is 12.1. The second kappa shape index (κ2) is 8.83. The summed E-state index contributed by atoms with van der Waals surface area (Å²) in [7, 11) is 0.